The van der Waals surface area contributed by atoms with Gasteiger partial charge in [0.1, 0.15) is 4.99 Å². The fourth-order valence-corrected chi connectivity index (χ4v) is 2.94. The van der Waals surface area contributed by atoms with Crippen LogP contribution in [0.1, 0.15) is 21.8 Å². The van der Waals surface area contributed by atoms with Gasteiger partial charge in [0.2, 0.25) is 0 Å². The number of anilines is 1. The molecule has 1 aromatic heterocycles. The highest BCUT2D eigenvalue weighted by molar-refractivity contribution is 7.80. The molecule has 0 aliphatic heterocycles. The standard InChI is InChI=1S/C14H17N3S2/c1-9-5-4-6-12(14(15)18)13(9)17(3)7-11-8-19-10(2)16-11/h4-6,8H,7H2,1-3H3,(H2,15,18). The van der Waals surface area contributed by atoms with Crippen LogP contribution in [0.4, 0.5) is 5.69 Å². The lowest BCUT2D eigenvalue weighted by Gasteiger charge is -2.23. The van der Waals surface area contributed by atoms with Gasteiger partial charge in [-0.3, -0.25) is 0 Å². The van der Waals surface area contributed by atoms with Crippen molar-refractivity contribution in [2.75, 3.05) is 11.9 Å². The third-order valence-corrected chi connectivity index (χ3v) is 3.99. The van der Waals surface area contributed by atoms with Gasteiger partial charge in [-0.2, -0.15) is 0 Å². The largest absolute Gasteiger partial charge is 0.389 e. The Morgan fingerprint density at radius 3 is 2.74 bits per heavy atom. The Morgan fingerprint density at radius 2 is 2.16 bits per heavy atom. The molecule has 2 rings (SSSR count). The smallest absolute Gasteiger partial charge is 0.106 e. The van der Waals surface area contributed by atoms with Crippen molar-refractivity contribution in [3.8, 4) is 0 Å². The molecule has 0 saturated carbocycles. The number of hydrogen-bond donors (Lipinski definition) is 1. The number of thiocarbonyl (C=S) groups is 1. The van der Waals surface area contributed by atoms with E-state index < -0.39 is 0 Å². The van der Waals surface area contributed by atoms with Gasteiger partial charge in [-0.15, -0.1) is 11.3 Å². The molecule has 2 N–H and O–H groups in total. The van der Waals surface area contributed by atoms with Crippen molar-refractivity contribution >= 4 is 34.2 Å². The zero-order valence-corrected chi connectivity index (χ0v) is 12.9. The average molecular weight is 291 g/mol. The van der Waals surface area contributed by atoms with E-state index in [0.717, 1.165) is 28.5 Å². The summed E-state index contributed by atoms with van der Waals surface area (Å²) < 4.78 is 0. The Hall–Kier alpha value is -1.46. The minimum atomic E-state index is 0.431. The van der Waals surface area contributed by atoms with E-state index >= 15 is 0 Å². The molecule has 2 aromatic rings. The van der Waals surface area contributed by atoms with Crippen LogP contribution < -0.4 is 10.6 Å². The fourth-order valence-electron chi connectivity index (χ4n) is 2.17. The van der Waals surface area contributed by atoms with E-state index in [1.54, 1.807) is 11.3 Å². The Balaban J connectivity index is 2.32. The lowest BCUT2D eigenvalue weighted by molar-refractivity contribution is 0.885. The van der Waals surface area contributed by atoms with Gasteiger partial charge in [0.15, 0.2) is 0 Å². The number of hydrogen-bond acceptors (Lipinski definition) is 4. The molecule has 0 bridgehead atoms. The first kappa shape index (κ1) is 14.0. The molecule has 0 amide bonds. The first-order valence-corrected chi connectivity index (χ1v) is 7.29. The molecule has 0 fully saturated rings. The normalized spacial score (nSPS) is 10.5. The SMILES string of the molecule is Cc1nc(CN(C)c2c(C)cccc2C(N)=S)cs1. The fraction of sp³-hybridized carbons (Fsp3) is 0.286. The van der Waals surface area contributed by atoms with Gasteiger partial charge in [-0.05, 0) is 25.5 Å². The Bertz CT molecular complexity index is 604. The maximum absolute atomic E-state index is 5.81. The van der Waals surface area contributed by atoms with E-state index in [4.69, 9.17) is 18.0 Å². The third kappa shape index (κ3) is 3.11. The summed E-state index contributed by atoms with van der Waals surface area (Å²) in [6, 6.07) is 6.02. The van der Waals surface area contributed by atoms with Crippen molar-refractivity contribution in [3.05, 3.63) is 45.4 Å². The van der Waals surface area contributed by atoms with Crippen molar-refractivity contribution in [1.29, 1.82) is 0 Å². The number of nitrogens with zero attached hydrogens (tertiary/aromatic N) is 2. The van der Waals surface area contributed by atoms with E-state index in [1.807, 2.05) is 26.1 Å². The number of benzene rings is 1. The molecule has 0 unspecified atom stereocenters. The molecular weight excluding hydrogens is 274 g/mol. The topological polar surface area (TPSA) is 42.2 Å². The average Bonchev–Trinajstić information content (AvgIpc) is 2.74. The van der Waals surface area contributed by atoms with Crippen molar-refractivity contribution in [1.82, 2.24) is 4.98 Å². The van der Waals surface area contributed by atoms with Gasteiger partial charge in [-0.1, -0.05) is 24.4 Å². The van der Waals surface area contributed by atoms with Crippen LogP contribution in [0.15, 0.2) is 23.6 Å². The van der Waals surface area contributed by atoms with Gasteiger partial charge in [-0.25, -0.2) is 4.98 Å². The third-order valence-electron chi connectivity index (χ3n) is 2.95. The van der Waals surface area contributed by atoms with Crippen molar-refractivity contribution in [3.63, 3.8) is 0 Å². The molecule has 0 atom stereocenters. The van der Waals surface area contributed by atoms with Crippen LogP contribution in [-0.4, -0.2) is 17.0 Å². The molecule has 19 heavy (non-hydrogen) atoms. The molecule has 0 radical (unpaired) electrons. The first-order chi connectivity index (χ1) is 8.99. The molecule has 1 aromatic carbocycles. The van der Waals surface area contributed by atoms with Crippen LogP contribution in [0.3, 0.4) is 0 Å². The number of aryl methyl sites for hydroxylation is 2. The number of aromatic nitrogens is 1. The van der Waals surface area contributed by atoms with E-state index in [1.165, 1.54) is 5.56 Å². The summed E-state index contributed by atoms with van der Waals surface area (Å²) in [5.41, 5.74) is 10.1. The van der Waals surface area contributed by atoms with Gasteiger partial charge in [0, 0.05) is 23.7 Å². The molecule has 0 spiro atoms. The molecule has 1 heterocycles. The molecule has 0 aliphatic rings. The molecular formula is C14H17N3S2. The van der Waals surface area contributed by atoms with Crippen LogP contribution in [-0.2, 0) is 6.54 Å². The van der Waals surface area contributed by atoms with Crippen molar-refractivity contribution in [2.45, 2.75) is 20.4 Å². The van der Waals surface area contributed by atoms with Crippen LogP contribution in [0, 0.1) is 13.8 Å². The molecule has 0 aliphatic carbocycles. The summed E-state index contributed by atoms with van der Waals surface area (Å²) in [6.45, 7) is 4.84. The van der Waals surface area contributed by atoms with E-state index in [0.29, 0.717) is 4.99 Å². The van der Waals surface area contributed by atoms with Gasteiger partial charge in [0.05, 0.1) is 17.2 Å². The summed E-state index contributed by atoms with van der Waals surface area (Å²) in [7, 11) is 2.04. The van der Waals surface area contributed by atoms with Crippen LogP contribution in [0.25, 0.3) is 0 Å². The lowest BCUT2D eigenvalue weighted by Crippen LogP contribution is -2.22. The summed E-state index contributed by atoms with van der Waals surface area (Å²) in [4.78, 5) is 7.07. The van der Waals surface area contributed by atoms with Crippen LogP contribution >= 0.6 is 23.6 Å². The summed E-state index contributed by atoms with van der Waals surface area (Å²) in [5.74, 6) is 0. The Morgan fingerprint density at radius 1 is 1.42 bits per heavy atom. The van der Waals surface area contributed by atoms with Gasteiger partial charge in [0.25, 0.3) is 0 Å². The number of nitrogens with two attached hydrogens (primary N) is 1. The molecule has 0 saturated heterocycles. The van der Waals surface area contributed by atoms with Gasteiger partial charge >= 0.3 is 0 Å². The second kappa shape index (κ2) is 5.67. The minimum Gasteiger partial charge on any atom is -0.389 e. The summed E-state index contributed by atoms with van der Waals surface area (Å²) in [6.07, 6.45) is 0. The van der Waals surface area contributed by atoms with Crippen LogP contribution in [0.2, 0.25) is 0 Å². The predicted molar refractivity (Wildman–Crippen MR) is 86.0 cm³/mol. The van der Waals surface area contributed by atoms with E-state index in [9.17, 15) is 0 Å². The van der Waals surface area contributed by atoms with Crippen molar-refractivity contribution < 1.29 is 0 Å². The maximum atomic E-state index is 5.81. The lowest BCUT2D eigenvalue weighted by atomic mass is 10.1. The zero-order chi connectivity index (χ0) is 14.0. The highest BCUT2D eigenvalue weighted by Gasteiger charge is 2.13. The highest BCUT2D eigenvalue weighted by atomic mass is 32.1. The summed E-state index contributed by atoms with van der Waals surface area (Å²) in [5, 5.41) is 3.17. The minimum absolute atomic E-state index is 0.431. The maximum Gasteiger partial charge on any atom is 0.106 e. The quantitative estimate of drug-likeness (QED) is 0.879. The Kier molecular flexibility index (Phi) is 4.17. The summed E-state index contributed by atoms with van der Waals surface area (Å²) >= 11 is 6.80. The van der Waals surface area contributed by atoms with E-state index in [-0.39, 0.29) is 0 Å². The monoisotopic (exact) mass is 291 g/mol. The Labute approximate surface area is 123 Å². The van der Waals surface area contributed by atoms with Crippen molar-refractivity contribution in [2.24, 2.45) is 5.73 Å². The molecule has 100 valence electrons. The van der Waals surface area contributed by atoms with E-state index in [2.05, 4.69) is 28.3 Å². The molecule has 5 heteroatoms. The predicted octanol–water partition coefficient (Wildman–Crippen LogP) is 3.03. The first-order valence-electron chi connectivity index (χ1n) is 6.00. The second-order valence-corrected chi connectivity index (χ2v) is 6.05. The second-order valence-electron chi connectivity index (χ2n) is 4.55. The molecule has 3 nitrogen and oxygen atoms in total. The zero-order valence-electron chi connectivity index (χ0n) is 11.3. The van der Waals surface area contributed by atoms with Crippen LogP contribution in [0.5, 0.6) is 0 Å². The number of thiazole rings is 1. The highest BCUT2D eigenvalue weighted by Crippen LogP contribution is 2.25. The number of para-hydroxylation sites is 1. The number of rotatable bonds is 4. The van der Waals surface area contributed by atoms with Gasteiger partial charge < -0.3 is 10.6 Å².